The normalized spacial score (nSPS) is 12.8. The Hall–Kier alpha value is -0.827. The Labute approximate surface area is 148 Å². The summed E-state index contributed by atoms with van der Waals surface area (Å²) in [5, 5.41) is 29.1. The summed E-state index contributed by atoms with van der Waals surface area (Å²) >= 11 is 0. The van der Waals surface area contributed by atoms with E-state index in [1.165, 1.54) is 42.1 Å². The fourth-order valence-electron chi connectivity index (χ4n) is 0.289. The van der Waals surface area contributed by atoms with Crippen LogP contribution in [0.1, 0.15) is 20.8 Å². The van der Waals surface area contributed by atoms with E-state index in [-0.39, 0.29) is 26.2 Å². The summed E-state index contributed by atoms with van der Waals surface area (Å²) < 4.78 is 13.0. The van der Waals surface area contributed by atoms with Crippen LogP contribution in [0, 0.1) is 0 Å². The van der Waals surface area contributed by atoms with Crippen molar-refractivity contribution < 1.29 is 43.9 Å². The van der Waals surface area contributed by atoms with Crippen LogP contribution in [0.2, 0.25) is 0 Å². The fourth-order valence-corrected chi connectivity index (χ4v) is 0.289. The second kappa shape index (κ2) is 18.2. The van der Waals surface area contributed by atoms with Gasteiger partial charge in [0.2, 0.25) is 0 Å². The quantitative estimate of drug-likeness (QED) is 0.320. The predicted molar refractivity (Wildman–Crippen MR) is 70.2 cm³/mol. The SMILES string of the molecule is COC(C)C(=O)[O-].COC(C)C(=O)[O-].COC(C)C(=O)[O-].[Bi+3]. The van der Waals surface area contributed by atoms with Crippen LogP contribution in [0.3, 0.4) is 0 Å². The average Bonchev–Trinajstić information content (AvgIpc) is 2.45. The third-order valence-corrected chi connectivity index (χ3v) is 2.06. The number of hydrogen-bond donors (Lipinski definition) is 0. The fraction of sp³-hybridized carbons (Fsp3) is 0.750. The van der Waals surface area contributed by atoms with Gasteiger partial charge in [-0.1, -0.05) is 0 Å². The molecule has 10 heteroatoms. The number of carboxylic acid groups (broad SMARTS) is 3. The molecule has 0 rings (SSSR count). The summed E-state index contributed by atoms with van der Waals surface area (Å²) in [5.74, 6) is -3.53. The van der Waals surface area contributed by atoms with Gasteiger partial charge in [0.25, 0.3) is 0 Å². The van der Waals surface area contributed by atoms with Crippen molar-refractivity contribution in [3.63, 3.8) is 0 Å². The monoisotopic (exact) mass is 518 g/mol. The minimum Gasteiger partial charge on any atom is -0.547 e. The molecule has 0 aliphatic carbocycles. The number of methoxy groups -OCH3 is 3. The van der Waals surface area contributed by atoms with Crippen LogP contribution in [-0.4, -0.2) is 83.8 Å². The zero-order valence-electron chi connectivity index (χ0n) is 13.4. The molecule has 0 saturated heterocycles. The molecule has 0 aromatic heterocycles. The molecule has 0 aliphatic rings. The molecule has 0 heterocycles. The van der Waals surface area contributed by atoms with Gasteiger partial charge in [-0.25, -0.2) is 0 Å². The van der Waals surface area contributed by atoms with E-state index in [4.69, 9.17) is 0 Å². The minimum atomic E-state index is -1.18. The maximum atomic E-state index is 9.69. The van der Waals surface area contributed by atoms with Crippen LogP contribution in [0.5, 0.6) is 0 Å². The van der Waals surface area contributed by atoms with Crippen molar-refractivity contribution in [1.82, 2.24) is 0 Å². The van der Waals surface area contributed by atoms with Crippen molar-refractivity contribution in [3.8, 4) is 0 Å². The maximum absolute atomic E-state index is 9.69. The molecule has 0 spiro atoms. The molecule has 22 heavy (non-hydrogen) atoms. The van der Waals surface area contributed by atoms with Crippen molar-refractivity contribution >= 4 is 44.1 Å². The summed E-state index contributed by atoms with van der Waals surface area (Å²) in [4.78, 5) is 29.1. The first-order chi connectivity index (χ1) is 9.54. The van der Waals surface area contributed by atoms with Crippen LogP contribution in [-0.2, 0) is 28.6 Å². The van der Waals surface area contributed by atoms with E-state index in [1.807, 2.05) is 0 Å². The van der Waals surface area contributed by atoms with Crippen LogP contribution in [0.25, 0.3) is 0 Å². The van der Waals surface area contributed by atoms with Gasteiger partial charge in [-0.2, -0.15) is 0 Å². The average molecular weight is 518 g/mol. The molecule has 0 saturated carbocycles. The molecule has 0 aliphatic heterocycles. The Bertz CT molecular complexity index is 261. The Kier molecular flexibility index (Phi) is 24.2. The summed E-state index contributed by atoms with van der Waals surface area (Å²) in [6.45, 7) is 4.24. The molecule has 0 amide bonds. The van der Waals surface area contributed by atoms with Gasteiger partial charge in [0.05, 0.1) is 36.2 Å². The molecule has 128 valence electrons. The van der Waals surface area contributed by atoms with Gasteiger partial charge >= 0.3 is 26.2 Å². The van der Waals surface area contributed by atoms with Gasteiger partial charge in [-0.3, -0.25) is 0 Å². The summed E-state index contributed by atoms with van der Waals surface area (Å²) in [6.07, 6.45) is -2.38. The van der Waals surface area contributed by atoms with Crippen LogP contribution in [0.15, 0.2) is 0 Å². The van der Waals surface area contributed by atoms with Gasteiger partial charge in [0.15, 0.2) is 0 Å². The zero-order chi connectivity index (χ0) is 17.6. The second-order valence-electron chi connectivity index (χ2n) is 3.59. The van der Waals surface area contributed by atoms with Crippen molar-refractivity contribution in [2.75, 3.05) is 21.3 Å². The third kappa shape index (κ3) is 21.5. The van der Waals surface area contributed by atoms with Crippen LogP contribution in [0.4, 0.5) is 0 Å². The molecule has 3 unspecified atom stereocenters. The van der Waals surface area contributed by atoms with E-state index < -0.39 is 36.2 Å². The van der Waals surface area contributed by atoms with E-state index in [9.17, 15) is 29.7 Å². The van der Waals surface area contributed by atoms with Crippen LogP contribution < -0.4 is 15.3 Å². The number of hydrogen-bond acceptors (Lipinski definition) is 9. The molecule has 0 aromatic carbocycles. The Balaban J connectivity index is -0.000000108. The molecule has 2 radical (unpaired) electrons. The Morgan fingerprint density at radius 3 is 0.773 bits per heavy atom. The Morgan fingerprint density at radius 2 is 0.773 bits per heavy atom. The molecule has 0 N–H and O–H groups in total. The number of aliphatic carboxylic acids is 3. The molecule has 0 fully saturated rings. The first kappa shape index (κ1) is 29.2. The van der Waals surface area contributed by atoms with E-state index in [0.29, 0.717) is 0 Å². The number of rotatable bonds is 6. The Morgan fingerprint density at radius 1 is 0.636 bits per heavy atom. The zero-order valence-corrected chi connectivity index (χ0v) is 16.8. The standard InChI is InChI=1S/3C4H8O3.Bi/c3*1-3(7-2)4(5)6;/h3*3H,1-2H3,(H,5,6);/q;;;+3/p-3. The summed E-state index contributed by atoms with van der Waals surface area (Å²) in [5.41, 5.74) is 0. The van der Waals surface area contributed by atoms with E-state index in [0.717, 1.165) is 0 Å². The molecular formula is C12H21BiO9. The second-order valence-corrected chi connectivity index (χ2v) is 3.59. The molecule has 9 nitrogen and oxygen atoms in total. The van der Waals surface area contributed by atoms with Crippen LogP contribution >= 0.6 is 0 Å². The van der Waals surface area contributed by atoms with E-state index >= 15 is 0 Å². The number of carbonyl (C=O) groups is 3. The van der Waals surface area contributed by atoms with Gasteiger partial charge in [0, 0.05) is 21.3 Å². The third-order valence-electron chi connectivity index (χ3n) is 2.06. The topological polar surface area (TPSA) is 148 Å². The summed E-state index contributed by atoms with van der Waals surface area (Å²) in [7, 11) is 3.96. The molecule has 3 atom stereocenters. The minimum absolute atomic E-state index is 0. The molecular weight excluding hydrogens is 497 g/mol. The number of ether oxygens (including phenoxy) is 3. The number of carboxylic acids is 3. The van der Waals surface area contributed by atoms with Crippen molar-refractivity contribution in [1.29, 1.82) is 0 Å². The first-order valence-electron chi connectivity index (χ1n) is 5.75. The predicted octanol–water partition coefficient (Wildman–Crippen LogP) is -4.07. The van der Waals surface area contributed by atoms with E-state index in [1.54, 1.807) is 0 Å². The summed E-state index contributed by atoms with van der Waals surface area (Å²) in [6, 6.07) is 0. The molecule has 0 bridgehead atoms. The largest absolute Gasteiger partial charge is 3.00 e. The van der Waals surface area contributed by atoms with Crippen molar-refractivity contribution in [2.24, 2.45) is 0 Å². The van der Waals surface area contributed by atoms with Gasteiger partial charge in [-0.05, 0) is 20.8 Å². The number of carbonyl (C=O) groups excluding carboxylic acids is 3. The maximum Gasteiger partial charge on any atom is 3.00 e. The van der Waals surface area contributed by atoms with Crippen molar-refractivity contribution in [3.05, 3.63) is 0 Å². The first-order valence-corrected chi connectivity index (χ1v) is 5.75. The van der Waals surface area contributed by atoms with Gasteiger partial charge in [0.1, 0.15) is 0 Å². The van der Waals surface area contributed by atoms with Crippen molar-refractivity contribution in [2.45, 2.75) is 39.1 Å². The van der Waals surface area contributed by atoms with E-state index in [2.05, 4.69) is 14.2 Å². The smallest absolute Gasteiger partial charge is 0.547 e. The van der Waals surface area contributed by atoms with Gasteiger partial charge < -0.3 is 43.9 Å². The van der Waals surface area contributed by atoms with Gasteiger partial charge in [-0.15, -0.1) is 0 Å². The molecule has 0 aromatic rings.